The zero-order valence-corrected chi connectivity index (χ0v) is 19.1. The van der Waals surface area contributed by atoms with E-state index in [1.165, 1.54) is 4.31 Å². The molecule has 0 bridgehead atoms. The van der Waals surface area contributed by atoms with Crippen LogP contribution in [0.1, 0.15) is 51.7 Å². The molecule has 0 saturated carbocycles. The van der Waals surface area contributed by atoms with Gasteiger partial charge in [-0.3, -0.25) is 4.79 Å². The summed E-state index contributed by atoms with van der Waals surface area (Å²) in [6.45, 7) is 9.22. The van der Waals surface area contributed by atoms with Gasteiger partial charge in [0.1, 0.15) is 0 Å². The van der Waals surface area contributed by atoms with Crippen molar-refractivity contribution in [3.05, 3.63) is 65.7 Å². The number of nitrogens with zero attached hydrogens (tertiary/aromatic N) is 1. The number of carbonyl (C=O) groups excluding carboxylic acids is 1. The maximum absolute atomic E-state index is 13.2. The van der Waals surface area contributed by atoms with E-state index in [2.05, 4.69) is 26.1 Å². The molecule has 1 atom stereocenters. The molecule has 0 aliphatic carbocycles. The van der Waals surface area contributed by atoms with E-state index >= 15 is 0 Å². The summed E-state index contributed by atoms with van der Waals surface area (Å²) in [7, 11) is -3.64. The number of piperidine rings is 1. The van der Waals surface area contributed by atoms with Crippen molar-refractivity contribution in [3.8, 4) is 0 Å². The summed E-state index contributed by atoms with van der Waals surface area (Å²) in [6.07, 6.45) is 1.33. The first kappa shape index (κ1) is 22.5. The zero-order valence-electron chi connectivity index (χ0n) is 18.3. The summed E-state index contributed by atoms with van der Waals surface area (Å²) in [4.78, 5) is 13.2. The van der Waals surface area contributed by atoms with Crippen LogP contribution in [-0.4, -0.2) is 31.7 Å². The smallest absolute Gasteiger partial charge is 0.243 e. The van der Waals surface area contributed by atoms with Crippen LogP contribution in [0, 0.1) is 5.41 Å². The minimum atomic E-state index is -3.64. The minimum Gasteiger partial charge on any atom is -0.352 e. The van der Waals surface area contributed by atoms with Crippen LogP contribution in [0.25, 0.3) is 0 Å². The number of amides is 1. The molecule has 3 rings (SSSR count). The molecule has 0 aromatic heterocycles. The first-order valence-electron chi connectivity index (χ1n) is 10.5. The molecule has 1 saturated heterocycles. The molecule has 6 heteroatoms. The van der Waals surface area contributed by atoms with Gasteiger partial charge < -0.3 is 5.32 Å². The number of rotatable bonds is 5. The van der Waals surface area contributed by atoms with Gasteiger partial charge in [-0.05, 0) is 48.4 Å². The van der Waals surface area contributed by atoms with Gasteiger partial charge in [-0.25, -0.2) is 8.42 Å². The highest BCUT2D eigenvalue weighted by atomic mass is 32.2. The van der Waals surface area contributed by atoms with Crippen LogP contribution in [0.4, 0.5) is 0 Å². The van der Waals surface area contributed by atoms with Gasteiger partial charge in [0.15, 0.2) is 0 Å². The van der Waals surface area contributed by atoms with Gasteiger partial charge in [-0.2, -0.15) is 4.31 Å². The third-order valence-corrected chi connectivity index (χ3v) is 7.72. The van der Waals surface area contributed by atoms with E-state index in [0.29, 0.717) is 25.9 Å². The summed E-state index contributed by atoms with van der Waals surface area (Å²) >= 11 is 0. The summed E-state index contributed by atoms with van der Waals surface area (Å²) in [5.74, 6) is -0.102. The summed E-state index contributed by atoms with van der Waals surface area (Å²) < 4.78 is 27.9. The van der Waals surface area contributed by atoms with E-state index in [-0.39, 0.29) is 22.8 Å². The van der Waals surface area contributed by atoms with E-state index in [0.717, 1.165) is 11.1 Å². The molecule has 1 aliphatic rings. The van der Waals surface area contributed by atoms with Crippen LogP contribution in [-0.2, 0) is 26.8 Å². The Bertz CT molecular complexity index is 979. The average molecular weight is 429 g/mol. The number of sulfonamides is 1. The first-order valence-corrected chi connectivity index (χ1v) is 11.9. The minimum absolute atomic E-state index is 0.0389. The highest BCUT2D eigenvalue weighted by Crippen LogP contribution is 2.33. The summed E-state index contributed by atoms with van der Waals surface area (Å²) in [5.41, 5.74) is 1.33. The second-order valence-electron chi connectivity index (χ2n) is 9.45. The van der Waals surface area contributed by atoms with Crippen LogP contribution < -0.4 is 5.32 Å². The molecule has 1 aliphatic heterocycles. The Morgan fingerprint density at radius 1 is 1.07 bits per heavy atom. The number of nitrogens with one attached hydrogen (secondary N) is 1. The molecule has 30 heavy (non-hydrogen) atoms. The zero-order chi connectivity index (χ0) is 22.0. The van der Waals surface area contributed by atoms with Crippen molar-refractivity contribution in [1.29, 1.82) is 0 Å². The fraction of sp³-hybridized carbons (Fsp3) is 0.458. The fourth-order valence-electron chi connectivity index (χ4n) is 3.85. The van der Waals surface area contributed by atoms with Crippen LogP contribution in [0.15, 0.2) is 59.5 Å². The standard InChI is InChI=1S/C24H32N2O3S/c1-23(2,3)20-11-13-21(14-12-20)30(28,29)26-16-8-15-24(4,18-26)22(27)25-17-19-9-6-5-7-10-19/h5-7,9-14H,8,15-18H2,1-4H3,(H,25,27)/t24-/m0/s1. The molecule has 1 N–H and O–H groups in total. The van der Waals surface area contributed by atoms with Crippen LogP contribution in [0.5, 0.6) is 0 Å². The van der Waals surface area contributed by atoms with E-state index in [1.807, 2.05) is 49.4 Å². The van der Waals surface area contributed by atoms with Gasteiger partial charge >= 0.3 is 0 Å². The van der Waals surface area contributed by atoms with Crippen molar-refractivity contribution in [3.63, 3.8) is 0 Å². The SMILES string of the molecule is CC(C)(C)c1ccc(S(=O)(=O)N2CCC[C@](C)(C(=O)NCc3ccccc3)C2)cc1. The van der Waals surface area contributed by atoms with Crippen molar-refractivity contribution in [2.75, 3.05) is 13.1 Å². The van der Waals surface area contributed by atoms with Crippen molar-refractivity contribution in [2.24, 2.45) is 5.41 Å². The van der Waals surface area contributed by atoms with Crippen LogP contribution in [0.2, 0.25) is 0 Å². The third-order valence-electron chi connectivity index (χ3n) is 5.86. The van der Waals surface area contributed by atoms with Gasteiger partial charge in [0.2, 0.25) is 15.9 Å². The number of hydrogen-bond donors (Lipinski definition) is 1. The van der Waals surface area contributed by atoms with Gasteiger partial charge in [0, 0.05) is 19.6 Å². The fourth-order valence-corrected chi connectivity index (χ4v) is 5.45. The molecule has 1 amide bonds. The number of carbonyl (C=O) groups is 1. The van der Waals surface area contributed by atoms with E-state index < -0.39 is 15.4 Å². The van der Waals surface area contributed by atoms with Gasteiger partial charge in [0.25, 0.3) is 0 Å². The van der Waals surface area contributed by atoms with Gasteiger partial charge in [0.05, 0.1) is 10.3 Å². The molecule has 1 heterocycles. The molecule has 0 radical (unpaired) electrons. The van der Waals surface area contributed by atoms with E-state index in [1.54, 1.807) is 12.1 Å². The Hall–Kier alpha value is -2.18. The molecule has 162 valence electrons. The first-order chi connectivity index (χ1) is 14.0. The molecular formula is C24H32N2O3S. The van der Waals surface area contributed by atoms with Crippen molar-refractivity contribution in [1.82, 2.24) is 9.62 Å². The van der Waals surface area contributed by atoms with Crippen LogP contribution >= 0.6 is 0 Å². The Labute approximate surface area is 180 Å². The topological polar surface area (TPSA) is 66.5 Å². The summed E-state index contributed by atoms with van der Waals surface area (Å²) in [6, 6.07) is 16.8. The number of benzene rings is 2. The molecule has 0 spiro atoms. The molecule has 2 aromatic rings. The summed E-state index contributed by atoms with van der Waals surface area (Å²) in [5, 5.41) is 2.98. The predicted octanol–water partition coefficient (Wildman–Crippen LogP) is 4.09. The Morgan fingerprint density at radius 2 is 1.70 bits per heavy atom. The molecular weight excluding hydrogens is 396 g/mol. The van der Waals surface area contributed by atoms with Crippen molar-refractivity contribution in [2.45, 2.75) is 57.4 Å². The highest BCUT2D eigenvalue weighted by Gasteiger charge is 2.41. The Morgan fingerprint density at radius 3 is 2.30 bits per heavy atom. The van der Waals surface area contributed by atoms with E-state index in [4.69, 9.17) is 0 Å². The molecule has 1 fully saturated rings. The molecule has 0 unspecified atom stereocenters. The molecule has 2 aromatic carbocycles. The number of hydrogen-bond acceptors (Lipinski definition) is 3. The quantitative estimate of drug-likeness (QED) is 0.780. The van der Waals surface area contributed by atoms with Crippen molar-refractivity contribution < 1.29 is 13.2 Å². The maximum atomic E-state index is 13.2. The van der Waals surface area contributed by atoms with Gasteiger partial charge in [-0.1, -0.05) is 63.2 Å². The monoisotopic (exact) mass is 428 g/mol. The lowest BCUT2D eigenvalue weighted by molar-refractivity contribution is -0.132. The average Bonchev–Trinajstić information content (AvgIpc) is 2.72. The van der Waals surface area contributed by atoms with E-state index in [9.17, 15) is 13.2 Å². The van der Waals surface area contributed by atoms with Crippen molar-refractivity contribution >= 4 is 15.9 Å². The normalized spacial score (nSPS) is 20.7. The predicted molar refractivity (Wildman–Crippen MR) is 120 cm³/mol. The van der Waals surface area contributed by atoms with Gasteiger partial charge in [-0.15, -0.1) is 0 Å². The lowest BCUT2D eigenvalue weighted by Crippen LogP contribution is -2.51. The Kier molecular flexibility index (Phi) is 6.39. The second kappa shape index (κ2) is 8.52. The lowest BCUT2D eigenvalue weighted by atomic mass is 9.82. The Balaban J connectivity index is 1.73. The lowest BCUT2D eigenvalue weighted by Gasteiger charge is -2.38. The second-order valence-corrected chi connectivity index (χ2v) is 11.4. The largest absolute Gasteiger partial charge is 0.352 e. The maximum Gasteiger partial charge on any atom is 0.243 e. The highest BCUT2D eigenvalue weighted by molar-refractivity contribution is 7.89. The van der Waals surface area contributed by atoms with Crippen LogP contribution in [0.3, 0.4) is 0 Å². The molecule has 5 nitrogen and oxygen atoms in total. The third kappa shape index (κ3) is 4.93.